The molecular weight excluding hydrogens is 256 g/mol. The monoisotopic (exact) mass is 278 g/mol. The van der Waals surface area contributed by atoms with Gasteiger partial charge in [-0.1, -0.05) is 6.92 Å². The summed E-state index contributed by atoms with van der Waals surface area (Å²) in [6.07, 6.45) is 8.22. The highest BCUT2D eigenvalue weighted by Crippen LogP contribution is 2.23. The Morgan fingerprint density at radius 1 is 1.37 bits per heavy atom. The third kappa shape index (κ3) is 3.88. The molecule has 0 aromatic carbocycles. The first-order chi connectivity index (χ1) is 9.22. The van der Waals surface area contributed by atoms with Crippen molar-refractivity contribution in [3.05, 3.63) is 34.0 Å². The smallest absolute Gasteiger partial charge is 0.0897 e. The number of thiazole rings is 1. The van der Waals surface area contributed by atoms with Gasteiger partial charge in [-0.3, -0.25) is 4.68 Å². The number of aryl methyl sites for hydroxylation is 2. The molecule has 4 nitrogen and oxygen atoms in total. The molecule has 0 fully saturated rings. The molecule has 0 aliphatic carbocycles. The fourth-order valence-corrected chi connectivity index (χ4v) is 2.91. The molecular formula is C14H22N4S. The molecule has 2 rings (SSSR count). The second-order valence-corrected chi connectivity index (χ2v) is 5.96. The molecule has 104 valence electrons. The molecule has 0 aliphatic heterocycles. The lowest BCUT2D eigenvalue weighted by Gasteiger charge is -2.15. The molecule has 19 heavy (non-hydrogen) atoms. The third-order valence-corrected chi connectivity index (χ3v) is 4.10. The van der Waals surface area contributed by atoms with E-state index in [9.17, 15) is 0 Å². The molecule has 1 atom stereocenters. The van der Waals surface area contributed by atoms with Crippen LogP contribution in [0.4, 0.5) is 0 Å². The molecule has 0 aliphatic rings. The summed E-state index contributed by atoms with van der Waals surface area (Å²) in [5.41, 5.74) is 1.28. The lowest BCUT2D eigenvalue weighted by Crippen LogP contribution is -2.23. The summed E-state index contributed by atoms with van der Waals surface area (Å²) in [4.78, 5) is 5.68. The molecule has 2 aromatic heterocycles. The number of aromatic nitrogens is 3. The van der Waals surface area contributed by atoms with Crippen LogP contribution in [0.25, 0.3) is 0 Å². The summed E-state index contributed by atoms with van der Waals surface area (Å²) in [6.45, 7) is 8.31. The maximum Gasteiger partial charge on any atom is 0.0897 e. The van der Waals surface area contributed by atoms with Gasteiger partial charge in [0, 0.05) is 29.9 Å². The Morgan fingerprint density at radius 3 is 2.79 bits per heavy atom. The Balaban J connectivity index is 2.09. The highest BCUT2D eigenvalue weighted by molar-refractivity contribution is 7.11. The molecule has 0 radical (unpaired) electrons. The van der Waals surface area contributed by atoms with E-state index in [1.807, 2.05) is 17.1 Å². The topological polar surface area (TPSA) is 42.7 Å². The van der Waals surface area contributed by atoms with Crippen molar-refractivity contribution in [2.24, 2.45) is 0 Å². The fourth-order valence-electron chi connectivity index (χ4n) is 2.05. The van der Waals surface area contributed by atoms with Gasteiger partial charge in [-0.25, -0.2) is 4.98 Å². The number of nitrogens with one attached hydrogen (secondary N) is 1. The standard InChI is InChI=1S/C14H22N4S/c1-4-6-15-13(14-9-16-11(3)19-14)7-12-8-17-18(5-2)10-12/h8-10,13,15H,4-7H2,1-3H3. The number of rotatable bonds is 7. The van der Waals surface area contributed by atoms with Gasteiger partial charge in [-0.15, -0.1) is 11.3 Å². The minimum absolute atomic E-state index is 0.348. The van der Waals surface area contributed by atoms with Crippen molar-refractivity contribution in [3.8, 4) is 0 Å². The fraction of sp³-hybridized carbons (Fsp3) is 0.571. The van der Waals surface area contributed by atoms with Gasteiger partial charge in [0.1, 0.15) is 0 Å². The SMILES string of the molecule is CCCNC(Cc1cnn(CC)c1)c1cnc(C)s1. The zero-order chi connectivity index (χ0) is 13.7. The Morgan fingerprint density at radius 2 is 2.21 bits per heavy atom. The van der Waals surface area contributed by atoms with E-state index in [0.717, 1.165) is 30.9 Å². The van der Waals surface area contributed by atoms with Gasteiger partial charge in [0.25, 0.3) is 0 Å². The zero-order valence-electron chi connectivity index (χ0n) is 11.9. The predicted octanol–water partition coefficient (Wildman–Crippen LogP) is 2.95. The Labute approximate surface area is 118 Å². The Hall–Kier alpha value is -1.20. The highest BCUT2D eigenvalue weighted by atomic mass is 32.1. The molecule has 2 heterocycles. The van der Waals surface area contributed by atoms with Gasteiger partial charge >= 0.3 is 0 Å². The minimum atomic E-state index is 0.348. The minimum Gasteiger partial charge on any atom is -0.309 e. The van der Waals surface area contributed by atoms with E-state index in [2.05, 4.69) is 42.4 Å². The van der Waals surface area contributed by atoms with Crippen molar-refractivity contribution in [3.63, 3.8) is 0 Å². The van der Waals surface area contributed by atoms with Crippen molar-refractivity contribution in [1.82, 2.24) is 20.1 Å². The molecule has 2 aromatic rings. The normalized spacial score (nSPS) is 12.8. The summed E-state index contributed by atoms with van der Waals surface area (Å²) in [6, 6.07) is 0.348. The Bertz CT molecular complexity index is 503. The molecule has 0 spiro atoms. The molecule has 0 bridgehead atoms. The average molecular weight is 278 g/mol. The first-order valence-corrected chi connectivity index (χ1v) is 7.71. The molecule has 0 amide bonds. The average Bonchev–Trinajstić information content (AvgIpc) is 3.03. The van der Waals surface area contributed by atoms with Gasteiger partial charge in [0.15, 0.2) is 0 Å². The van der Waals surface area contributed by atoms with E-state index in [1.165, 1.54) is 10.4 Å². The van der Waals surface area contributed by atoms with Crippen LogP contribution in [0.2, 0.25) is 0 Å². The van der Waals surface area contributed by atoms with Crippen LogP contribution in [-0.4, -0.2) is 21.3 Å². The van der Waals surface area contributed by atoms with E-state index >= 15 is 0 Å². The first-order valence-electron chi connectivity index (χ1n) is 6.90. The van der Waals surface area contributed by atoms with Crippen LogP contribution in [0.15, 0.2) is 18.6 Å². The summed E-state index contributed by atoms with van der Waals surface area (Å²) in [7, 11) is 0. The van der Waals surface area contributed by atoms with Crippen LogP contribution < -0.4 is 5.32 Å². The van der Waals surface area contributed by atoms with Gasteiger partial charge in [0.05, 0.1) is 11.2 Å². The van der Waals surface area contributed by atoms with Gasteiger partial charge < -0.3 is 5.32 Å². The lowest BCUT2D eigenvalue weighted by molar-refractivity contribution is 0.535. The Kier molecular flexibility index (Phi) is 5.10. The second-order valence-electron chi connectivity index (χ2n) is 4.70. The largest absolute Gasteiger partial charge is 0.309 e. The number of hydrogen-bond acceptors (Lipinski definition) is 4. The molecule has 0 saturated heterocycles. The quantitative estimate of drug-likeness (QED) is 0.846. The lowest BCUT2D eigenvalue weighted by atomic mass is 10.1. The molecule has 1 unspecified atom stereocenters. The van der Waals surface area contributed by atoms with Crippen molar-refractivity contribution >= 4 is 11.3 Å². The van der Waals surface area contributed by atoms with Gasteiger partial charge in [0.2, 0.25) is 0 Å². The molecule has 0 saturated carbocycles. The summed E-state index contributed by atoms with van der Waals surface area (Å²) < 4.78 is 1.98. The number of hydrogen-bond donors (Lipinski definition) is 1. The van der Waals surface area contributed by atoms with Crippen molar-refractivity contribution < 1.29 is 0 Å². The predicted molar refractivity (Wildman–Crippen MR) is 79.5 cm³/mol. The first kappa shape index (κ1) is 14.2. The van der Waals surface area contributed by atoms with Gasteiger partial charge in [-0.2, -0.15) is 5.10 Å². The van der Waals surface area contributed by atoms with Crippen LogP contribution >= 0.6 is 11.3 Å². The van der Waals surface area contributed by atoms with Gasteiger partial charge in [-0.05, 0) is 38.8 Å². The van der Waals surface area contributed by atoms with Crippen molar-refractivity contribution in [1.29, 1.82) is 0 Å². The molecule has 1 N–H and O–H groups in total. The van der Waals surface area contributed by atoms with E-state index in [-0.39, 0.29) is 0 Å². The molecule has 5 heteroatoms. The van der Waals surface area contributed by atoms with Crippen LogP contribution in [0.5, 0.6) is 0 Å². The van der Waals surface area contributed by atoms with E-state index in [0.29, 0.717) is 6.04 Å². The second kappa shape index (κ2) is 6.82. The zero-order valence-corrected chi connectivity index (χ0v) is 12.7. The van der Waals surface area contributed by atoms with Crippen LogP contribution in [0.3, 0.4) is 0 Å². The van der Waals surface area contributed by atoms with E-state index < -0.39 is 0 Å². The van der Waals surface area contributed by atoms with Crippen LogP contribution in [-0.2, 0) is 13.0 Å². The highest BCUT2D eigenvalue weighted by Gasteiger charge is 2.15. The van der Waals surface area contributed by atoms with Crippen LogP contribution in [0.1, 0.15) is 41.8 Å². The summed E-state index contributed by atoms with van der Waals surface area (Å²) in [5, 5.41) is 9.08. The number of nitrogens with zero attached hydrogens (tertiary/aromatic N) is 3. The van der Waals surface area contributed by atoms with E-state index in [4.69, 9.17) is 0 Å². The third-order valence-electron chi connectivity index (χ3n) is 3.07. The maximum absolute atomic E-state index is 4.37. The van der Waals surface area contributed by atoms with Crippen molar-refractivity contribution in [2.75, 3.05) is 6.54 Å². The summed E-state index contributed by atoms with van der Waals surface area (Å²) in [5.74, 6) is 0. The van der Waals surface area contributed by atoms with Crippen LogP contribution in [0, 0.1) is 6.92 Å². The summed E-state index contributed by atoms with van der Waals surface area (Å²) >= 11 is 1.78. The van der Waals surface area contributed by atoms with Crippen molar-refractivity contribution in [2.45, 2.75) is 46.2 Å². The van der Waals surface area contributed by atoms with E-state index in [1.54, 1.807) is 11.3 Å². The maximum atomic E-state index is 4.37.